The molecule has 2 aliphatic heterocycles. The number of aromatic amines is 1. The number of nitrogens with two attached hydrogens (primary N) is 2. The third-order valence-electron chi connectivity index (χ3n) is 7.11. The summed E-state index contributed by atoms with van der Waals surface area (Å²) in [5.41, 5.74) is 10.0. The zero-order chi connectivity index (χ0) is 33.1. The highest BCUT2D eigenvalue weighted by Crippen LogP contribution is 2.59. The van der Waals surface area contributed by atoms with Crippen molar-refractivity contribution in [3.63, 3.8) is 0 Å². The van der Waals surface area contributed by atoms with Crippen LogP contribution in [0.5, 0.6) is 0 Å². The van der Waals surface area contributed by atoms with E-state index in [-0.39, 0.29) is 29.4 Å². The van der Waals surface area contributed by atoms with Crippen LogP contribution in [0, 0.1) is 0 Å². The molecule has 9 atom stereocenters. The zero-order valence-corrected chi connectivity index (χ0v) is 26.9. The van der Waals surface area contributed by atoms with Crippen LogP contribution in [-0.4, -0.2) is 82.9 Å². The molecule has 4 aromatic rings. The van der Waals surface area contributed by atoms with Gasteiger partial charge in [0.1, 0.15) is 23.8 Å². The number of nitrogens with one attached hydrogen (secondary N) is 1. The highest BCUT2D eigenvalue weighted by Gasteiger charge is 2.53. The third kappa shape index (κ3) is 6.49. The van der Waals surface area contributed by atoms with E-state index in [1.165, 1.54) is 28.5 Å². The third-order valence-corrected chi connectivity index (χ3v) is 9.49. The van der Waals surface area contributed by atoms with Crippen molar-refractivity contribution >= 4 is 66.7 Å². The summed E-state index contributed by atoms with van der Waals surface area (Å²) < 4.78 is 77.3. The van der Waals surface area contributed by atoms with Crippen LogP contribution in [0.25, 0.3) is 16.8 Å². The standard InChI is InChI=1S/C21H26FN9O11P2S2/c1-37-8-4-12(29-3-2-11-26-10(23)5-30(11)21(29)33)39-9(8)6-38-44(36,46)41-15-13(22)18(40-19(15)42-43(34,35)45)31-7-25-14-16(31)27-20(24)28-17(14)32/h2-3,5,7-9,12-13,15,18-19H,4,6,23H2,1H3,(H,36,46)(H2,34,35,45)(H3,24,27,28,32)/t8-,9+,12+,13+,15?,18+,19+,44?/m0/s1. The summed E-state index contributed by atoms with van der Waals surface area (Å²) in [6.07, 6.45) is -6.32. The smallest absolute Gasteiger partial charge is 0.382 e. The summed E-state index contributed by atoms with van der Waals surface area (Å²) in [6.45, 7) is -9.62. The van der Waals surface area contributed by atoms with Gasteiger partial charge in [-0.15, -0.1) is 0 Å². The van der Waals surface area contributed by atoms with Crippen molar-refractivity contribution in [3.8, 4) is 0 Å². The number of imidazole rings is 2. The number of thiol groups is 2. The molecule has 4 aromatic heterocycles. The molecule has 20 nitrogen and oxygen atoms in total. The molecule has 2 fully saturated rings. The van der Waals surface area contributed by atoms with E-state index >= 15 is 4.39 Å². The van der Waals surface area contributed by atoms with Gasteiger partial charge < -0.3 is 30.6 Å². The first-order valence-electron chi connectivity index (χ1n) is 13.1. The van der Waals surface area contributed by atoms with Crippen molar-refractivity contribution in [2.75, 3.05) is 25.2 Å². The highest BCUT2D eigenvalue weighted by atomic mass is 32.7. The largest absolute Gasteiger partial charge is 0.386 e. The van der Waals surface area contributed by atoms with Gasteiger partial charge in [-0.05, 0) is 6.07 Å². The van der Waals surface area contributed by atoms with Gasteiger partial charge in [0.15, 0.2) is 36.0 Å². The summed E-state index contributed by atoms with van der Waals surface area (Å²) in [7, 11) is 1.40. The SMILES string of the molecule is CO[C@H]1C[C@H](n2ccc3nc(N)cn3c2=O)O[C@@H]1COP(=O)(S)OC1[C@@H](OP(=O)(O)S)O[C@@H](n2cnc3c(=O)[nH]c(N)nc32)[C@@H]1F. The second-order valence-corrected chi connectivity index (χ2v) is 15.7. The number of fused-ring (bicyclic) bond motifs is 2. The Morgan fingerprint density at radius 2 is 1.96 bits per heavy atom. The van der Waals surface area contributed by atoms with E-state index in [9.17, 15) is 23.6 Å². The molecule has 0 aromatic carbocycles. The summed E-state index contributed by atoms with van der Waals surface area (Å²) >= 11 is 7.39. The van der Waals surface area contributed by atoms with Crippen molar-refractivity contribution in [1.82, 2.24) is 33.5 Å². The first kappa shape index (κ1) is 33.1. The Morgan fingerprint density at radius 3 is 2.67 bits per heavy atom. The van der Waals surface area contributed by atoms with Crippen LogP contribution >= 0.6 is 38.1 Å². The maximum atomic E-state index is 15.9. The van der Waals surface area contributed by atoms with E-state index in [0.29, 0.717) is 5.65 Å². The maximum Gasteiger partial charge on any atom is 0.386 e. The molecule has 6 N–H and O–H groups in total. The Hall–Kier alpha value is -2.82. The lowest BCUT2D eigenvalue weighted by molar-refractivity contribution is -0.123. The van der Waals surface area contributed by atoms with Gasteiger partial charge in [0.25, 0.3) is 5.56 Å². The van der Waals surface area contributed by atoms with Gasteiger partial charge in [-0.3, -0.25) is 32.5 Å². The molecule has 0 saturated carbocycles. The topological polar surface area (TPSA) is 265 Å². The van der Waals surface area contributed by atoms with Crippen LogP contribution in [0.2, 0.25) is 0 Å². The van der Waals surface area contributed by atoms with Crippen LogP contribution in [0.4, 0.5) is 16.2 Å². The molecule has 2 aliphatic rings. The van der Waals surface area contributed by atoms with Gasteiger partial charge in [0.05, 0.1) is 25.2 Å². The zero-order valence-electron chi connectivity index (χ0n) is 23.3. The number of aromatic nitrogens is 7. The Bertz CT molecular complexity index is 2000. The predicted octanol–water partition coefficient (Wildman–Crippen LogP) is 0.776. The lowest BCUT2D eigenvalue weighted by Gasteiger charge is -2.24. The summed E-state index contributed by atoms with van der Waals surface area (Å²) in [5, 5.41) is 0. The molecule has 25 heteroatoms. The summed E-state index contributed by atoms with van der Waals surface area (Å²) in [4.78, 5) is 49.0. The van der Waals surface area contributed by atoms with Crippen LogP contribution in [0.3, 0.4) is 0 Å². The Balaban J connectivity index is 1.18. The van der Waals surface area contributed by atoms with Gasteiger partial charge in [0, 0.05) is 19.7 Å². The lowest BCUT2D eigenvalue weighted by atomic mass is 10.2. The number of halogens is 1. The normalized spacial score (nSPS) is 29.4. The second kappa shape index (κ2) is 12.3. The predicted molar refractivity (Wildman–Crippen MR) is 162 cm³/mol. The number of hydrogen-bond acceptors (Lipinski definition) is 15. The molecule has 6 heterocycles. The number of methoxy groups -OCH3 is 1. The Labute approximate surface area is 266 Å². The first-order chi connectivity index (χ1) is 21.6. The van der Waals surface area contributed by atoms with E-state index in [0.717, 1.165) is 10.9 Å². The maximum absolute atomic E-state index is 15.9. The molecular formula is C21H26FN9O11P2S2. The van der Waals surface area contributed by atoms with E-state index in [4.69, 9.17) is 39.2 Å². The van der Waals surface area contributed by atoms with Crippen molar-refractivity contribution in [1.29, 1.82) is 0 Å². The monoisotopic (exact) mass is 725 g/mol. The van der Waals surface area contributed by atoms with Crippen molar-refractivity contribution in [3.05, 3.63) is 45.6 Å². The number of ether oxygens (including phenoxy) is 3. The second-order valence-electron chi connectivity index (χ2n) is 10.1. The van der Waals surface area contributed by atoms with Crippen molar-refractivity contribution in [2.45, 2.75) is 49.7 Å². The molecule has 3 unspecified atom stereocenters. The van der Waals surface area contributed by atoms with Gasteiger partial charge in [-0.25, -0.2) is 32.7 Å². The van der Waals surface area contributed by atoms with Crippen molar-refractivity contribution in [2.24, 2.45) is 0 Å². The van der Waals surface area contributed by atoms with E-state index in [2.05, 4.69) is 44.4 Å². The fourth-order valence-electron chi connectivity index (χ4n) is 5.14. The fourth-order valence-corrected chi connectivity index (χ4v) is 7.30. The molecule has 250 valence electrons. The molecule has 0 amide bonds. The van der Waals surface area contributed by atoms with Gasteiger partial charge in [-0.2, -0.15) is 4.98 Å². The number of hydrogen-bond donors (Lipinski definition) is 6. The van der Waals surface area contributed by atoms with Crippen LogP contribution in [0.15, 0.2) is 34.4 Å². The number of H-pyrrole nitrogens is 1. The van der Waals surface area contributed by atoms with Gasteiger partial charge in [-0.1, -0.05) is 24.5 Å². The van der Waals surface area contributed by atoms with Gasteiger partial charge in [0.2, 0.25) is 5.95 Å². The minimum atomic E-state index is -4.64. The van der Waals surface area contributed by atoms with Crippen molar-refractivity contribution < 1.29 is 46.2 Å². The van der Waals surface area contributed by atoms with Crippen LogP contribution < -0.4 is 22.7 Å². The minimum absolute atomic E-state index is 0.154. The minimum Gasteiger partial charge on any atom is -0.382 e. The molecule has 46 heavy (non-hydrogen) atoms. The van der Waals surface area contributed by atoms with E-state index < -0.39 is 74.7 Å². The van der Waals surface area contributed by atoms with Gasteiger partial charge >= 0.3 is 19.3 Å². The Kier molecular flexibility index (Phi) is 8.87. The molecule has 6 rings (SSSR count). The highest BCUT2D eigenvalue weighted by molar-refractivity contribution is 8.44. The molecule has 0 bridgehead atoms. The number of nitrogens with zero attached hydrogens (tertiary/aromatic N) is 6. The average molecular weight is 726 g/mol. The molecule has 0 radical (unpaired) electrons. The quantitative estimate of drug-likeness (QED) is 0.0974. The Morgan fingerprint density at radius 1 is 1.20 bits per heavy atom. The fraction of sp³-hybridized carbons (Fsp3) is 0.476. The van der Waals surface area contributed by atoms with E-state index in [1.54, 1.807) is 6.07 Å². The molecule has 0 spiro atoms. The number of alkyl halides is 1. The lowest BCUT2D eigenvalue weighted by Crippen LogP contribution is -2.32. The molecule has 0 aliphatic carbocycles. The van der Waals surface area contributed by atoms with E-state index in [1.807, 2.05) is 0 Å². The number of anilines is 2. The number of rotatable bonds is 10. The number of nitrogen functional groups attached to an aromatic ring is 2. The first-order valence-corrected chi connectivity index (χ1v) is 18.5. The molecular weight excluding hydrogens is 699 g/mol. The summed E-state index contributed by atoms with van der Waals surface area (Å²) in [6, 6.07) is 1.57. The average Bonchev–Trinajstić information content (AvgIpc) is 3.73. The van der Waals surface area contributed by atoms with Crippen LogP contribution in [0.1, 0.15) is 18.9 Å². The van der Waals surface area contributed by atoms with Crippen LogP contribution in [-0.2, 0) is 36.9 Å². The molecule has 2 saturated heterocycles. The summed E-state index contributed by atoms with van der Waals surface area (Å²) in [5.74, 6) is -0.152.